The lowest BCUT2D eigenvalue weighted by Gasteiger charge is -2.21. The predicted octanol–water partition coefficient (Wildman–Crippen LogP) is 7.65. The van der Waals surface area contributed by atoms with Crippen LogP contribution in [0.25, 0.3) is 26.9 Å². The molecule has 5 aromatic rings. The second kappa shape index (κ2) is 13.7. The number of fused-ring (bicyclic) bond motifs is 1. The molecule has 1 N–H and O–H groups in total. The molecular formula is C33H27Cl2N3O4S. The van der Waals surface area contributed by atoms with Crippen molar-refractivity contribution in [1.29, 1.82) is 0 Å². The number of amides is 2. The van der Waals surface area contributed by atoms with Crippen molar-refractivity contribution in [1.82, 2.24) is 10.3 Å². The number of hydrogen-bond acceptors (Lipinski definition) is 6. The summed E-state index contributed by atoms with van der Waals surface area (Å²) in [5.41, 5.74) is 3.54. The number of nitrogens with one attached hydrogen (secondary N) is 1. The number of ether oxygens (including phenoxy) is 2. The highest BCUT2D eigenvalue weighted by molar-refractivity contribution is 7.21. The molecule has 43 heavy (non-hydrogen) atoms. The lowest BCUT2D eigenvalue weighted by atomic mass is 10.2. The van der Waals surface area contributed by atoms with Gasteiger partial charge in [0, 0.05) is 29.3 Å². The van der Waals surface area contributed by atoms with Gasteiger partial charge in [-0.1, -0.05) is 71.7 Å². The van der Waals surface area contributed by atoms with Gasteiger partial charge in [0.25, 0.3) is 0 Å². The van der Waals surface area contributed by atoms with Gasteiger partial charge < -0.3 is 19.7 Å². The van der Waals surface area contributed by atoms with Gasteiger partial charge in [-0.05, 0) is 48.0 Å². The Bertz CT molecular complexity index is 1810. The maximum Gasteiger partial charge on any atom is 0.246 e. The summed E-state index contributed by atoms with van der Waals surface area (Å²) in [5, 5.41) is 4.19. The van der Waals surface area contributed by atoms with Crippen molar-refractivity contribution in [2.24, 2.45) is 0 Å². The molecule has 0 saturated heterocycles. The minimum atomic E-state index is -0.410. The van der Waals surface area contributed by atoms with Crippen molar-refractivity contribution in [3.8, 4) is 22.1 Å². The number of carbonyl (C=O) groups is 2. The largest absolute Gasteiger partial charge is 0.497 e. The molecule has 2 amide bonds. The Morgan fingerprint density at radius 2 is 1.79 bits per heavy atom. The van der Waals surface area contributed by atoms with E-state index in [0.717, 1.165) is 26.4 Å². The predicted molar refractivity (Wildman–Crippen MR) is 174 cm³/mol. The summed E-state index contributed by atoms with van der Waals surface area (Å²) < 4.78 is 12.4. The molecule has 218 valence electrons. The normalized spacial score (nSPS) is 11.1. The number of nitrogens with zero attached hydrogens (tertiary/aromatic N) is 2. The number of anilines is 1. The zero-order valence-electron chi connectivity index (χ0n) is 23.3. The molecule has 1 aromatic heterocycles. The SMILES string of the molecule is COc1cccc(/C=C/C(=O)NCC(=O)N(C)c2ccc(Cl)c(COc3cccc4sc(-c5ccccc5)nc34)c2Cl)c1. The van der Waals surface area contributed by atoms with Gasteiger partial charge in [0.15, 0.2) is 0 Å². The Labute approximate surface area is 263 Å². The summed E-state index contributed by atoms with van der Waals surface area (Å²) in [6, 6.07) is 26.3. The summed E-state index contributed by atoms with van der Waals surface area (Å²) in [7, 11) is 3.16. The van der Waals surface area contributed by atoms with Gasteiger partial charge in [-0.2, -0.15) is 0 Å². The molecule has 7 nitrogen and oxygen atoms in total. The topological polar surface area (TPSA) is 80.8 Å². The number of thiazole rings is 1. The molecule has 0 aliphatic heterocycles. The number of methoxy groups -OCH3 is 1. The van der Waals surface area contributed by atoms with E-state index < -0.39 is 5.91 Å². The fourth-order valence-corrected chi connectivity index (χ4v) is 5.86. The van der Waals surface area contributed by atoms with Gasteiger partial charge in [-0.3, -0.25) is 9.59 Å². The molecule has 1 heterocycles. The van der Waals surface area contributed by atoms with Gasteiger partial charge in [0.2, 0.25) is 11.8 Å². The summed E-state index contributed by atoms with van der Waals surface area (Å²) in [4.78, 5) is 31.5. The van der Waals surface area contributed by atoms with Crippen LogP contribution < -0.4 is 19.7 Å². The number of rotatable bonds is 10. The van der Waals surface area contributed by atoms with E-state index in [9.17, 15) is 9.59 Å². The quantitative estimate of drug-likeness (QED) is 0.160. The average Bonchev–Trinajstić information content (AvgIpc) is 3.48. The van der Waals surface area contributed by atoms with Crippen LogP contribution in [0.15, 0.2) is 91.0 Å². The number of hydrogen-bond donors (Lipinski definition) is 1. The smallest absolute Gasteiger partial charge is 0.246 e. The van der Waals surface area contributed by atoms with Crippen LogP contribution in [0.3, 0.4) is 0 Å². The lowest BCUT2D eigenvalue weighted by Crippen LogP contribution is -2.37. The summed E-state index contributed by atoms with van der Waals surface area (Å²) >= 11 is 14.8. The van der Waals surface area contributed by atoms with Crippen LogP contribution >= 0.6 is 34.5 Å². The maximum atomic E-state index is 12.9. The molecule has 4 aromatic carbocycles. The van der Waals surface area contributed by atoms with Crippen LogP contribution in [0, 0.1) is 0 Å². The van der Waals surface area contributed by atoms with Crippen LogP contribution in [0.2, 0.25) is 10.0 Å². The van der Waals surface area contributed by atoms with Crippen LogP contribution in [0.4, 0.5) is 5.69 Å². The van der Waals surface area contributed by atoms with E-state index in [1.807, 2.05) is 66.7 Å². The average molecular weight is 633 g/mol. The second-order valence-electron chi connectivity index (χ2n) is 9.42. The van der Waals surface area contributed by atoms with Gasteiger partial charge in [-0.15, -0.1) is 11.3 Å². The highest BCUT2D eigenvalue weighted by Crippen LogP contribution is 2.37. The zero-order valence-corrected chi connectivity index (χ0v) is 25.7. The Balaban J connectivity index is 1.25. The van der Waals surface area contributed by atoms with E-state index in [0.29, 0.717) is 27.8 Å². The van der Waals surface area contributed by atoms with Crippen molar-refractivity contribution in [3.05, 3.63) is 112 Å². The van der Waals surface area contributed by atoms with E-state index in [1.54, 1.807) is 49.8 Å². The minimum absolute atomic E-state index is 0.0661. The van der Waals surface area contributed by atoms with E-state index in [-0.39, 0.29) is 24.1 Å². The van der Waals surface area contributed by atoms with Crippen molar-refractivity contribution < 1.29 is 19.1 Å². The third-order valence-electron chi connectivity index (χ3n) is 6.61. The number of aromatic nitrogens is 1. The molecule has 5 rings (SSSR count). The molecular weight excluding hydrogens is 605 g/mol. The lowest BCUT2D eigenvalue weighted by molar-refractivity contribution is -0.122. The molecule has 0 radical (unpaired) electrons. The Kier molecular flexibility index (Phi) is 9.61. The minimum Gasteiger partial charge on any atom is -0.497 e. The fraction of sp³-hybridized carbons (Fsp3) is 0.121. The van der Waals surface area contributed by atoms with Crippen LogP contribution in [0.1, 0.15) is 11.1 Å². The Hall–Kier alpha value is -4.37. The van der Waals surface area contributed by atoms with Crippen molar-refractivity contribution in [2.45, 2.75) is 6.61 Å². The fourth-order valence-electron chi connectivity index (χ4n) is 4.26. The molecule has 0 aliphatic rings. The molecule has 0 bridgehead atoms. The first kappa shape index (κ1) is 30.1. The molecule has 0 unspecified atom stereocenters. The van der Waals surface area contributed by atoms with Crippen LogP contribution in [0.5, 0.6) is 11.5 Å². The molecule has 10 heteroatoms. The first-order chi connectivity index (χ1) is 20.8. The second-order valence-corrected chi connectivity index (χ2v) is 11.2. The highest BCUT2D eigenvalue weighted by atomic mass is 35.5. The first-order valence-corrected chi connectivity index (χ1v) is 14.8. The third kappa shape index (κ3) is 7.17. The summed E-state index contributed by atoms with van der Waals surface area (Å²) in [5.74, 6) is 0.511. The van der Waals surface area contributed by atoms with Crippen molar-refractivity contribution >= 4 is 68.3 Å². The standard InChI is InChI=1S/C33H27Cl2N3O4S/c1-38(30(40)19-36-29(39)17-14-21-8-6-11-23(18-21)41-2)26-16-15-25(34)24(31(26)35)20-42-27-12-7-13-28-32(27)37-33(43-28)22-9-4-3-5-10-22/h3-18H,19-20H2,1-2H3,(H,36,39)/b17-14+. The van der Waals surface area contributed by atoms with Crippen LogP contribution in [-0.4, -0.2) is 37.5 Å². The number of carbonyl (C=O) groups excluding carboxylic acids is 2. The number of likely N-dealkylation sites (N-methyl/N-ethyl adjacent to an activating group) is 1. The molecule has 0 saturated carbocycles. The van der Waals surface area contributed by atoms with E-state index in [2.05, 4.69) is 5.32 Å². The Morgan fingerprint density at radius 1 is 1.00 bits per heavy atom. The van der Waals surface area contributed by atoms with Crippen LogP contribution in [-0.2, 0) is 16.2 Å². The van der Waals surface area contributed by atoms with Gasteiger partial charge >= 0.3 is 0 Å². The van der Waals surface area contributed by atoms with Gasteiger partial charge in [-0.25, -0.2) is 4.98 Å². The molecule has 0 atom stereocenters. The monoisotopic (exact) mass is 631 g/mol. The molecule has 0 aliphatic carbocycles. The maximum absolute atomic E-state index is 12.9. The summed E-state index contributed by atoms with van der Waals surface area (Å²) in [6.07, 6.45) is 3.00. The Morgan fingerprint density at radius 3 is 2.58 bits per heavy atom. The third-order valence-corrected chi connectivity index (χ3v) is 8.46. The number of halogens is 2. The van der Waals surface area contributed by atoms with E-state index in [4.69, 9.17) is 37.7 Å². The van der Waals surface area contributed by atoms with E-state index in [1.165, 1.54) is 11.0 Å². The highest BCUT2D eigenvalue weighted by Gasteiger charge is 2.20. The number of para-hydroxylation sites is 1. The number of benzene rings is 4. The van der Waals surface area contributed by atoms with Gasteiger partial charge in [0.1, 0.15) is 28.6 Å². The van der Waals surface area contributed by atoms with Crippen molar-refractivity contribution in [2.75, 3.05) is 25.6 Å². The van der Waals surface area contributed by atoms with Gasteiger partial charge in [0.05, 0.1) is 29.1 Å². The molecule has 0 fully saturated rings. The van der Waals surface area contributed by atoms with Crippen molar-refractivity contribution in [3.63, 3.8) is 0 Å². The molecule has 0 spiro atoms. The first-order valence-electron chi connectivity index (χ1n) is 13.2. The zero-order chi connectivity index (χ0) is 30.3. The summed E-state index contributed by atoms with van der Waals surface area (Å²) in [6.45, 7) is -0.158. The van der Waals surface area contributed by atoms with E-state index >= 15 is 0 Å².